The molecule has 0 spiro atoms. The molecule has 2 bridgehead atoms. The summed E-state index contributed by atoms with van der Waals surface area (Å²) < 4.78 is 12.7. The minimum atomic E-state index is -0.137. The fraction of sp³-hybridized carbons (Fsp3) is 1.00. The second-order valence-electron chi connectivity index (χ2n) is 4.38. The Morgan fingerprint density at radius 1 is 1.55 bits per heavy atom. The standard InChI is InChI=1S/C9H16FN/c1-7(2)11-5-8-3-9(11,4-8)6-10/h7-8H,3-6H2,1-2H3. The first-order valence-electron chi connectivity index (χ1n) is 4.51. The molecule has 3 rings (SSSR count). The normalized spacial score (nSPS) is 43.1. The van der Waals surface area contributed by atoms with E-state index in [-0.39, 0.29) is 12.2 Å². The van der Waals surface area contributed by atoms with Gasteiger partial charge in [-0.2, -0.15) is 0 Å². The number of halogens is 1. The van der Waals surface area contributed by atoms with Gasteiger partial charge >= 0.3 is 0 Å². The number of rotatable bonds is 2. The second kappa shape index (κ2) is 2.19. The fourth-order valence-corrected chi connectivity index (χ4v) is 2.79. The third-order valence-electron chi connectivity index (χ3n) is 3.27. The number of alkyl halides is 1. The van der Waals surface area contributed by atoms with Crippen molar-refractivity contribution in [2.24, 2.45) is 5.92 Å². The van der Waals surface area contributed by atoms with Crippen molar-refractivity contribution in [1.29, 1.82) is 0 Å². The van der Waals surface area contributed by atoms with Crippen molar-refractivity contribution in [2.45, 2.75) is 38.3 Å². The van der Waals surface area contributed by atoms with Crippen LogP contribution >= 0.6 is 0 Å². The summed E-state index contributed by atoms with van der Waals surface area (Å²) in [5.41, 5.74) is -0.0150. The molecule has 0 aromatic carbocycles. The second-order valence-corrected chi connectivity index (χ2v) is 4.38. The molecule has 0 atom stereocenters. The van der Waals surface area contributed by atoms with E-state index in [1.54, 1.807) is 0 Å². The first-order valence-corrected chi connectivity index (χ1v) is 4.51. The van der Waals surface area contributed by atoms with Crippen molar-refractivity contribution in [1.82, 2.24) is 4.90 Å². The SMILES string of the molecule is CC(C)N1CC2CC1(CF)C2. The highest BCUT2D eigenvalue weighted by Crippen LogP contribution is 2.51. The molecule has 3 fully saturated rings. The molecular weight excluding hydrogens is 141 g/mol. The minimum absolute atomic E-state index is 0.0150. The highest BCUT2D eigenvalue weighted by atomic mass is 19.1. The van der Waals surface area contributed by atoms with Crippen LogP contribution in [-0.4, -0.2) is 29.7 Å². The van der Waals surface area contributed by atoms with Crippen LogP contribution in [-0.2, 0) is 0 Å². The molecule has 2 aliphatic heterocycles. The van der Waals surface area contributed by atoms with E-state index >= 15 is 0 Å². The molecule has 0 N–H and O–H groups in total. The zero-order valence-electron chi connectivity index (χ0n) is 7.31. The van der Waals surface area contributed by atoms with E-state index in [1.807, 2.05) is 0 Å². The van der Waals surface area contributed by atoms with Gasteiger partial charge in [-0.1, -0.05) is 0 Å². The van der Waals surface area contributed by atoms with Gasteiger partial charge in [0.25, 0.3) is 0 Å². The molecule has 0 aromatic heterocycles. The number of nitrogens with zero attached hydrogens (tertiary/aromatic N) is 1. The van der Waals surface area contributed by atoms with Gasteiger partial charge in [-0.05, 0) is 32.6 Å². The minimum Gasteiger partial charge on any atom is -0.292 e. The zero-order valence-corrected chi connectivity index (χ0v) is 7.31. The van der Waals surface area contributed by atoms with Crippen LogP contribution in [0.25, 0.3) is 0 Å². The van der Waals surface area contributed by atoms with Crippen molar-refractivity contribution in [3.8, 4) is 0 Å². The summed E-state index contributed by atoms with van der Waals surface area (Å²) in [4.78, 5) is 2.34. The van der Waals surface area contributed by atoms with Gasteiger partial charge in [0.2, 0.25) is 0 Å². The van der Waals surface area contributed by atoms with Crippen LogP contribution in [0.4, 0.5) is 4.39 Å². The molecule has 0 radical (unpaired) electrons. The topological polar surface area (TPSA) is 3.24 Å². The number of hydrogen-bond donors (Lipinski definition) is 0. The predicted octanol–water partition coefficient (Wildman–Crippen LogP) is 1.83. The van der Waals surface area contributed by atoms with Gasteiger partial charge in [-0.25, -0.2) is 4.39 Å². The van der Waals surface area contributed by atoms with E-state index < -0.39 is 0 Å². The van der Waals surface area contributed by atoms with Crippen molar-refractivity contribution in [3.05, 3.63) is 0 Å². The van der Waals surface area contributed by atoms with Crippen LogP contribution in [0, 0.1) is 5.92 Å². The van der Waals surface area contributed by atoms with Gasteiger partial charge < -0.3 is 0 Å². The summed E-state index contributed by atoms with van der Waals surface area (Å²) >= 11 is 0. The zero-order chi connectivity index (χ0) is 8.06. The van der Waals surface area contributed by atoms with Gasteiger partial charge in [0.1, 0.15) is 6.67 Å². The van der Waals surface area contributed by atoms with E-state index in [9.17, 15) is 4.39 Å². The fourth-order valence-electron chi connectivity index (χ4n) is 2.79. The molecule has 11 heavy (non-hydrogen) atoms. The van der Waals surface area contributed by atoms with E-state index in [0.29, 0.717) is 6.04 Å². The third kappa shape index (κ3) is 0.851. The Kier molecular flexibility index (Phi) is 1.50. The maximum atomic E-state index is 12.7. The molecule has 2 saturated heterocycles. The lowest BCUT2D eigenvalue weighted by molar-refractivity contribution is 0.0550. The van der Waals surface area contributed by atoms with Crippen LogP contribution < -0.4 is 0 Å². The van der Waals surface area contributed by atoms with E-state index in [2.05, 4.69) is 18.7 Å². The summed E-state index contributed by atoms with van der Waals surface area (Å²) in [5, 5.41) is 0. The van der Waals surface area contributed by atoms with Crippen molar-refractivity contribution in [2.75, 3.05) is 13.2 Å². The lowest BCUT2D eigenvalue weighted by Crippen LogP contribution is -2.50. The maximum Gasteiger partial charge on any atom is 0.108 e. The molecule has 0 amide bonds. The van der Waals surface area contributed by atoms with Crippen LogP contribution in [0.1, 0.15) is 26.7 Å². The monoisotopic (exact) mass is 157 g/mol. The first kappa shape index (κ1) is 7.53. The molecule has 2 heterocycles. The Bertz CT molecular complexity index is 161. The summed E-state index contributed by atoms with van der Waals surface area (Å²) in [6, 6.07) is 0.526. The Hall–Kier alpha value is -0.110. The maximum absolute atomic E-state index is 12.7. The van der Waals surface area contributed by atoms with Crippen LogP contribution in [0.5, 0.6) is 0 Å². The van der Waals surface area contributed by atoms with E-state index in [4.69, 9.17) is 0 Å². The lowest BCUT2D eigenvalue weighted by atomic mass is 9.74. The van der Waals surface area contributed by atoms with Gasteiger partial charge in [-0.15, -0.1) is 0 Å². The smallest absolute Gasteiger partial charge is 0.108 e. The van der Waals surface area contributed by atoms with Crippen molar-refractivity contribution >= 4 is 0 Å². The highest BCUT2D eigenvalue weighted by molar-refractivity contribution is 5.10. The highest BCUT2D eigenvalue weighted by Gasteiger charge is 2.56. The molecule has 1 saturated carbocycles. The molecule has 3 aliphatic rings. The first-order chi connectivity index (χ1) is 5.18. The summed E-state index contributed by atoms with van der Waals surface area (Å²) in [6.07, 6.45) is 2.23. The average molecular weight is 157 g/mol. The predicted molar refractivity (Wildman–Crippen MR) is 43.3 cm³/mol. The summed E-state index contributed by atoms with van der Waals surface area (Å²) in [7, 11) is 0. The molecule has 1 aliphatic carbocycles. The third-order valence-corrected chi connectivity index (χ3v) is 3.27. The van der Waals surface area contributed by atoms with Crippen LogP contribution in [0.15, 0.2) is 0 Å². The molecule has 1 nitrogen and oxygen atoms in total. The lowest BCUT2D eigenvalue weighted by Gasteiger charge is -2.41. The van der Waals surface area contributed by atoms with Gasteiger partial charge in [0.15, 0.2) is 0 Å². The molecule has 64 valence electrons. The van der Waals surface area contributed by atoms with Crippen molar-refractivity contribution in [3.63, 3.8) is 0 Å². The van der Waals surface area contributed by atoms with Crippen LogP contribution in [0.3, 0.4) is 0 Å². The molecule has 0 unspecified atom stereocenters. The quantitative estimate of drug-likeness (QED) is 0.591. The largest absolute Gasteiger partial charge is 0.292 e. The Morgan fingerprint density at radius 2 is 2.18 bits per heavy atom. The summed E-state index contributed by atoms with van der Waals surface area (Å²) in [5.74, 6) is 0.813. The number of fused-ring (bicyclic) bond motifs is 1. The summed E-state index contributed by atoms with van der Waals surface area (Å²) in [6.45, 7) is 5.33. The van der Waals surface area contributed by atoms with Crippen molar-refractivity contribution < 1.29 is 4.39 Å². The Labute approximate surface area is 67.6 Å². The van der Waals surface area contributed by atoms with Gasteiger partial charge in [0, 0.05) is 12.6 Å². The van der Waals surface area contributed by atoms with Crippen LogP contribution in [0.2, 0.25) is 0 Å². The molecule has 0 aromatic rings. The van der Waals surface area contributed by atoms with Gasteiger partial charge in [-0.3, -0.25) is 4.90 Å². The van der Waals surface area contributed by atoms with Gasteiger partial charge in [0.05, 0.1) is 5.54 Å². The number of hydrogen-bond acceptors (Lipinski definition) is 1. The Morgan fingerprint density at radius 3 is 2.55 bits per heavy atom. The average Bonchev–Trinajstić information content (AvgIpc) is 2.37. The molecule has 2 heteroatoms. The van der Waals surface area contributed by atoms with E-state index in [1.165, 1.54) is 0 Å². The van der Waals surface area contributed by atoms with E-state index in [0.717, 1.165) is 25.3 Å². The molecular formula is C9H16FN. The Balaban J connectivity index is 2.11.